The zero-order valence-electron chi connectivity index (χ0n) is 9.81. The van der Waals surface area contributed by atoms with Crippen LogP contribution in [0.15, 0.2) is 16.9 Å². The molecule has 1 aromatic heterocycles. The van der Waals surface area contributed by atoms with Gasteiger partial charge in [-0.15, -0.1) is 0 Å². The van der Waals surface area contributed by atoms with Crippen LogP contribution in [0.5, 0.6) is 5.88 Å². The lowest BCUT2D eigenvalue weighted by molar-refractivity contribution is 0.0867. The van der Waals surface area contributed by atoms with Crippen LogP contribution in [0.2, 0.25) is 0 Å². The highest BCUT2D eigenvalue weighted by molar-refractivity contribution is 5.94. The number of aliphatic hydroxyl groups is 1. The summed E-state index contributed by atoms with van der Waals surface area (Å²) < 4.78 is 5.01. The minimum atomic E-state index is -0.536. The third-order valence-electron chi connectivity index (χ3n) is 2.08. The molecule has 0 saturated carbocycles. The summed E-state index contributed by atoms with van der Waals surface area (Å²) in [6.45, 7) is 1.06. The summed E-state index contributed by atoms with van der Waals surface area (Å²) in [5.41, 5.74) is -0.432. The second-order valence-electron chi connectivity index (χ2n) is 3.56. The molecule has 0 unspecified atom stereocenters. The zero-order chi connectivity index (χ0) is 13.4. The molecule has 7 nitrogen and oxygen atoms in total. The molecule has 4 N–H and O–H groups in total. The average molecular weight is 256 g/mol. The van der Waals surface area contributed by atoms with Gasteiger partial charge in [0.1, 0.15) is 0 Å². The van der Waals surface area contributed by atoms with Crippen LogP contribution in [0.25, 0.3) is 0 Å². The van der Waals surface area contributed by atoms with Crippen molar-refractivity contribution in [2.24, 2.45) is 0 Å². The SMILES string of the molecule is O=C(NCCCOCCO)c1cc(O)[nH]c(=O)c1. The van der Waals surface area contributed by atoms with Crippen molar-refractivity contribution in [3.63, 3.8) is 0 Å². The van der Waals surface area contributed by atoms with E-state index in [1.165, 1.54) is 6.07 Å². The fourth-order valence-electron chi connectivity index (χ4n) is 1.30. The zero-order valence-corrected chi connectivity index (χ0v) is 9.81. The standard InChI is InChI=1S/C11H16N2O5/c14-3-5-18-4-1-2-12-11(17)8-6-9(15)13-10(16)7-8/h6-7,14H,1-5H2,(H,12,17)(H2,13,15,16). The number of pyridine rings is 1. The molecule has 0 bridgehead atoms. The van der Waals surface area contributed by atoms with Crippen LogP contribution >= 0.6 is 0 Å². The number of carbonyl (C=O) groups is 1. The number of carbonyl (C=O) groups excluding carboxylic acids is 1. The molecule has 0 spiro atoms. The van der Waals surface area contributed by atoms with E-state index in [0.29, 0.717) is 19.6 Å². The Balaban J connectivity index is 2.34. The maximum absolute atomic E-state index is 11.6. The largest absolute Gasteiger partial charge is 0.494 e. The third kappa shape index (κ3) is 4.98. The molecular formula is C11H16N2O5. The second kappa shape index (κ2) is 7.46. The molecule has 100 valence electrons. The number of aromatic amines is 1. The fraction of sp³-hybridized carbons (Fsp3) is 0.455. The van der Waals surface area contributed by atoms with E-state index >= 15 is 0 Å². The highest BCUT2D eigenvalue weighted by Crippen LogP contribution is 2.03. The smallest absolute Gasteiger partial charge is 0.251 e. The number of rotatable bonds is 7. The molecule has 1 heterocycles. The summed E-state index contributed by atoms with van der Waals surface area (Å²) in [6, 6.07) is 2.29. The van der Waals surface area contributed by atoms with Gasteiger partial charge in [0.2, 0.25) is 0 Å². The van der Waals surface area contributed by atoms with Gasteiger partial charge in [-0.2, -0.15) is 0 Å². The van der Waals surface area contributed by atoms with Crippen LogP contribution in [0, 0.1) is 0 Å². The molecule has 18 heavy (non-hydrogen) atoms. The molecule has 1 rings (SSSR count). The fourth-order valence-corrected chi connectivity index (χ4v) is 1.30. The van der Waals surface area contributed by atoms with Crippen LogP contribution < -0.4 is 10.9 Å². The summed E-state index contributed by atoms with van der Waals surface area (Å²) in [5, 5.41) is 20.2. The van der Waals surface area contributed by atoms with Gasteiger partial charge in [-0.05, 0) is 6.42 Å². The van der Waals surface area contributed by atoms with Gasteiger partial charge in [-0.1, -0.05) is 0 Å². The summed E-state index contributed by atoms with van der Waals surface area (Å²) in [6.07, 6.45) is 0.598. The molecule has 1 amide bonds. The Morgan fingerprint density at radius 1 is 1.39 bits per heavy atom. The van der Waals surface area contributed by atoms with Crippen molar-refractivity contribution in [3.8, 4) is 5.88 Å². The van der Waals surface area contributed by atoms with E-state index in [9.17, 15) is 9.59 Å². The van der Waals surface area contributed by atoms with Crippen molar-refractivity contribution in [2.75, 3.05) is 26.4 Å². The van der Waals surface area contributed by atoms with E-state index < -0.39 is 11.5 Å². The van der Waals surface area contributed by atoms with Crippen molar-refractivity contribution in [3.05, 3.63) is 28.0 Å². The van der Waals surface area contributed by atoms with Gasteiger partial charge in [0, 0.05) is 25.3 Å². The van der Waals surface area contributed by atoms with Crippen LogP contribution in [-0.4, -0.2) is 47.5 Å². The van der Waals surface area contributed by atoms with Gasteiger partial charge in [0.15, 0.2) is 5.88 Å². The van der Waals surface area contributed by atoms with Crippen molar-refractivity contribution in [1.29, 1.82) is 0 Å². The molecule has 0 aliphatic carbocycles. The lowest BCUT2D eigenvalue weighted by Gasteiger charge is -2.05. The molecule has 0 atom stereocenters. The number of ether oxygens (including phenoxy) is 1. The van der Waals surface area contributed by atoms with Crippen molar-refractivity contribution >= 4 is 5.91 Å². The number of amides is 1. The van der Waals surface area contributed by atoms with E-state index in [1.54, 1.807) is 0 Å². The first-order chi connectivity index (χ1) is 8.63. The molecule has 7 heteroatoms. The Kier molecular flexibility index (Phi) is 5.89. The lowest BCUT2D eigenvalue weighted by Crippen LogP contribution is -2.26. The van der Waals surface area contributed by atoms with Gasteiger partial charge < -0.3 is 20.3 Å². The molecule has 0 aliphatic heterocycles. The number of H-pyrrole nitrogens is 1. The first-order valence-electron chi connectivity index (χ1n) is 5.53. The highest BCUT2D eigenvalue weighted by Gasteiger charge is 2.07. The number of aromatic hydroxyl groups is 1. The van der Waals surface area contributed by atoms with Gasteiger partial charge >= 0.3 is 0 Å². The van der Waals surface area contributed by atoms with Gasteiger partial charge in [0.05, 0.1) is 18.8 Å². The first kappa shape index (κ1) is 14.2. The normalized spacial score (nSPS) is 10.3. The van der Waals surface area contributed by atoms with E-state index in [-0.39, 0.29) is 24.7 Å². The predicted octanol–water partition coefficient (Wildman–Crippen LogP) is -0.791. The number of hydrogen-bond donors (Lipinski definition) is 4. The Bertz CT molecular complexity index is 443. The van der Waals surface area contributed by atoms with E-state index in [0.717, 1.165) is 6.07 Å². The number of hydrogen-bond acceptors (Lipinski definition) is 5. The molecule has 1 aromatic rings. The molecule has 0 aromatic carbocycles. The summed E-state index contributed by atoms with van der Waals surface area (Å²) in [4.78, 5) is 24.7. The van der Waals surface area contributed by atoms with Gasteiger partial charge in [-0.3, -0.25) is 14.6 Å². The highest BCUT2D eigenvalue weighted by atomic mass is 16.5. The van der Waals surface area contributed by atoms with Gasteiger partial charge in [0.25, 0.3) is 11.5 Å². The second-order valence-corrected chi connectivity index (χ2v) is 3.56. The lowest BCUT2D eigenvalue weighted by atomic mass is 10.2. The Labute approximate surface area is 103 Å². The number of nitrogens with one attached hydrogen (secondary N) is 2. The van der Waals surface area contributed by atoms with Gasteiger partial charge in [-0.25, -0.2) is 0 Å². The molecule has 0 radical (unpaired) electrons. The maximum Gasteiger partial charge on any atom is 0.251 e. The topological polar surface area (TPSA) is 112 Å². The first-order valence-corrected chi connectivity index (χ1v) is 5.53. The van der Waals surface area contributed by atoms with E-state index in [4.69, 9.17) is 14.9 Å². The third-order valence-corrected chi connectivity index (χ3v) is 2.08. The Morgan fingerprint density at radius 3 is 2.83 bits per heavy atom. The average Bonchev–Trinajstić information content (AvgIpc) is 2.32. The maximum atomic E-state index is 11.6. The van der Waals surface area contributed by atoms with Crippen molar-refractivity contribution < 1.29 is 19.7 Å². The molecule has 0 saturated heterocycles. The predicted molar refractivity (Wildman–Crippen MR) is 63.6 cm³/mol. The summed E-state index contributed by atoms with van der Waals surface area (Å²) >= 11 is 0. The number of aliphatic hydroxyl groups excluding tert-OH is 1. The quantitative estimate of drug-likeness (QED) is 0.478. The number of aromatic nitrogens is 1. The summed E-state index contributed by atoms with van der Waals surface area (Å²) in [5.74, 6) is -0.780. The molecular weight excluding hydrogens is 240 g/mol. The Hall–Kier alpha value is -1.86. The molecule has 0 aliphatic rings. The molecule has 0 fully saturated rings. The monoisotopic (exact) mass is 256 g/mol. The Morgan fingerprint density at radius 2 is 2.17 bits per heavy atom. The van der Waals surface area contributed by atoms with Crippen LogP contribution in [0.3, 0.4) is 0 Å². The van der Waals surface area contributed by atoms with Crippen molar-refractivity contribution in [1.82, 2.24) is 10.3 Å². The van der Waals surface area contributed by atoms with E-state index in [2.05, 4.69) is 10.3 Å². The van der Waals surface area contributed by atoms with Crippen molar-refractivity contribution in [2.45, 2.75) is 6.42 Å². The van der Waals surface area contributed by atoms with Crippen LogP contribution in [-0.2, 0) is 4.74 Å². The minimum Gasteiger partial charge on any atom is -0.494 e. The van der Waals surface area contributed by atoms with Crippen LogP contribution in [0.1, 0.15) is 16.8 Å². The van der Waals surface area contributed by atoms with Crippen LogP contribution in [0.4, 0.5) is 0 Å². The van der Waals surface area contributed by atoms with E-state index in [1.807, 2.05) is 0 Å². The summed E-state index contributed by atoms with van der Waals surface area (Å²) in [7, 11) is 0. The minimum absolute atomic E-state index is 0.0293.